The molecule has 22 heavy (non-hydrogen) atoms. The van der Waals surface area contributed by atoms with Gasteiger partial charge in [0, 0.05) is 17.5 Å². The van der Waals surface area contributed by atoms with E-state index in [1.54, 1.807) is 0 Å². The van der Waals surface area contributed by atoms with Crippen molar-refractivity contribution in [3.05, 3.63) is 12.2 Å². The first kappa shape index (κ1) is 17.7. The third-order valence-electron chi connectivity index (χ3n) is 6.88. The molecule has 0 aromatic carbocycles. The van der Waals surface area contributed by atoms with E-state index in [-0.39, 0.29) is 5.92 Å². The van der Waals surface area contributed by atoms with Crippen LogP contribution in [0, 0.1) is 40.4 Å². The van der Waals surface area contributed by atoms with Crippen molar-refractivity contribution in [1.29, 1.82) is 5.41 Å². The molecule has 0 amide bonds. The van der Waals surface area contributed by atoms with Crippen LogP contribution in [0.25, 0.3) is 0 Å². The summed E-state index contributed by atoms with van der Waals surface area (Å²) in [4.78, 5) is 0. The standard InChI is InChI=1S/C20H35NO/c1-13(7-8-15(3)19(4,5)22)16-9-10-17-18(21)14(2)11-12-20(16,17)6/h7-8,13-17,21-22H,9-12H2,1-6H3. The maximum absolute atomic E-state index is 10.1. The highest BCUT2D eigenvalue weighted by atomic mass is 16.3. The van der Waals surface area contributed by atoms with E-state index in [1.165, 1.54) is 25.7 Å². The maximum Gasteiger partial charge on any atom is 0.0651 e. The van der Waals surface area contributed by atoms with E-state index in [2.05, 4.69) is 39.8 Å². The van der Waals surface area contributed by atoms with Crippen molar-refractivity contribution < 1.29 is 5.11 Å². The Labute approximate surface area is 136 Å². The number of rotatable bonds is 4. The third kappa shape index (κ3) is 3.18. The Bertz CT molecular complexity index is 447. The fourth-order valence-electron chi connectivity index (χ4n) is 4.74. The van der Waals surface area contributed by atoms with Gasteiger partial charge in [0.05, 0.1) is 5.60 Å². The Morgan fingerprint density at radius 2 is 1.86 bits per heavy atom. The Balaban J connectivity index is 2.10. The van der Waals surface area contributed by atoms with Gasteiger partial charge in [0.15, 0.2) is 0 Å². The minimum atomic E-state index is -0.652. The van der Waals surface area contributed by atoms with Gasteiger partial charge >= 0.3 is 0 Å². The van der Waals surface area contributed by atoms with E-state index < -0.39 is 5.60 Å². The van der Waals surface area contributed by atoms with Crippen LogP contribution in [0.3, 0.4) is 0 Å². The van der Waals surface area contributed by atoms with Crippen LogP contribution in [0.1, 0.15) is 67.2 Å². The van der Waals surface area contributed by atoms with E-state index in [1.807, 2.05) is 13.8 Å². The largest absolute Gasteiger partial charge is 0.390 e. The Morgan fingerprint density at radius 3 is 2.45 bits per heavy atom. The number of nitrogens with one attached hydrogen (secondary N) is 1. The zero-order valence-electron chi connectivity index (χ0n) is 15.3. The summed E-state index contributed by atoms with van der Waals surface area (Å²) < 4.78 is 0. The topological polar surface area (TPSA) is 44.1 Å². The molecule has 2 heteroatoms. The van der Waals surface area contributed by atoms with Crippen molar-refractivity contribution in [2.75, 3.05) is 0 Å². The average Bonchev–Trinajstić information content (AvgIpc) is 2.77. The summed E-state index contributed by atoms with van der Waals surface area (Å²) >= 11 is 0. The summed E-state index contributed by atoms with van der Waals surface area (Å²) in [6.45, 7) is 12.8. The quantitative estimate of drug-likeness (QED) is 0.700. The number of aliphatic hydroxyl groups is 1. The Morgan fingerprint density at radius 1 is 1.23 bits per heavy atom. The monoisotopic (exact) mass is 305 g/mol. The van der Waals surface area contributed by atoms with E-state index in [4.69, 9.17) is 5.41 Å². The normalized spacial score (nSPS) is 39.0. The SMILES string of the molecule is CC1CCC2(C)C(CCC2C(C)C=CC(C)C(C)(C)O)C1=N. The predicted octanol–water partition coefficient (Wildman–Crippen LogP) is 5.07. The van der Waals surface area contributed by atoms with Gasteiger partial charge in [-0.15, -0.1) is 0 Å². The Hall–Kier alpha value is -0.630. The fourth-order valence-corrected chi connectivity index (χ4v) is 4.74. The second-order valence-corrected chi connectivity index (χ2v) is 8.82. The highest BCUT2D eigenvalue weighted by Gasteiger charge is 2.52. The molecule has 126 valence electrons. The summed E-state index contributed by atoms with van der Waals surface area (Å²) in [5.41, 5.74) is 0.670. The lowest BCUT2D eigenvalue weighted by molar-refractivity contribution is 0.0436. The molecule has 2 fully saturated rings. The zero-order valence-corrected chi connectivity index (χ0v) is 15.3. The lowest BCUT2D eigenvalue weighted by atomic mass is 9.60. The van der Waals surface area contributed by atoms with Crippen LogP contribution in [0.2, 0.25) is 0 Å². The second-order valence-electron chi connectivity index (χ2n) is 8.82. The average molecular weight is 306 g/mol. The first-order chi connectivity index (χ1) is 10.1. The van der Waals surface area contributed by atoms with Gasteiger partial charge in [-0.2, -0.15) is 0 Å². The molecular weight excluding hydrogens is 270 g/mol. The van der Waals surface area contributed by atoms with Gasteiger partial charge in [-0.3, -0.25) is 0 Å². The molecule has 0 heterocycles. The van der Waals surface area contributed by atoms with Crippen LogP contribution >= 0.6 is 0 Å². The van der Waals surface area contributed by atoms with Crippen LogP contribution < -0.4 is 0 Å². The van der Waals surface area contributed by atoms with Crippen molar-refractivity contribution in [2.45, 2.75) is 72.8 Å². The molecule has 2 N–H and O–H groups in total. The molecule has 0 aromatic rings. The van der Waals surface area contributed by atoms with Crippen molar-refractivity contribution in [1.82, 2.24) is 0 Å². The highest BCUT2D eigenvalue weighted by molar-refractivity contribution is 5.87. The molecular formula is C20H35NO. The molecule has 0 saturated heterocycles. The van der Waals surface area contributed by atoms with Crippen LogP contribution in [-0.2, 0) is 0 Å². The van der Waals surface area contributed by atoms with Crippen LogP contribution in [0.15, 0.2) is 12.2 Å². The lowest BCUT2D eigenvalue weighted by Crippen LogP contribution is -2.42. The molecule has 2 saturated carbocycles. The molecule has 6 atom stereocenters. The van der Waals surface area contributed by atoms with E-state index in [0.717, 1.165) is 5.71 Å². The summed E-state index contributed by atoms with van der Waals surface area (Å²) in [7, 11) is 0. The molecule has 0 aromatic heterocycles. The van der Waals surface area contributed by atoms with E-state index in [0.29, 0.717) is 29.1 Å². The van der Waals surface area contributed by atoms with Crippen molar-refractivity contribution in [3.8, 4) is 0 Å². The molecule has 2 aliphatic carbocycles. The van der Waals surface area contributed by atoms with Crippen LogP contribution in [0.4, 0.5) is 0 Å². The van der Waals surface area contributed by atoms with Crippen LogP contribution in [-0.4, -0.2) is 16.4 Å². The van der Waals surface area contributed by atoms with Gasteiger partial charge in [0.1, 0.15) is 0 Å². The van der Waals surface area contributed by atoms with E-state index in [9.17, 15) is 5.11 Å². The minimum Gasteiger partial charge on any atom is -0.390 e. The molecule has 0 radical (unpaired) electrons. The molecule has 0 bridgehead atoms. The first-order valence-corrected chi connectivity index (χ1v) is 9.06. The number of allylic oxidation sites excluding steroid dienone is 1. The molecule has 6 unspecified atom stereocenters. The third-order valence-corrected chi connectivity index (χ3v) is 6.88. The number of fused-ring (bicyclic) bond motifs is 1. The van der Waals surface area contributed by atoms with Gasteiger partial charge < -0.3 is 10.5 Å². The summed E-state index contributed by atoms with van der Waals surface area (Å²) in [5.74, 6) is 2.36. The molecule has 2 rings (SSSR count). The minimum absolute atomic E-state index is 0.171. The molecule has 2 nitrogen and oxygen atoms in total. The first-order valence-electron chi connectivity index (χ1n) is 9.06. The van der Waals surface area contributed by atoms with Gasteiger partial charge in [-0.1, -0.05) is 39.8 Å². The highest BCUT2D eigenvalue weighted by Crippen LogP contribution is 2.57. The van der Waals surface area contributed by atoms with Crippen molar-refractivity contribution in [3.63, 3.8) is 0 Å². The second kappa shape index (κ2) is 6.11. The fraction of sp³-hybridized carbons (Fsp3) is 0.850. The van der Waals surface area contributed by atoms with Gasteiger partial charge in [-0.25, -0.2) is 0 Å². The van der Waals surface area contributed by atoms with Crippen molar-refractivity contribution >= 4 is 5.71 Å². The summed E-state index contributed by atoms with van der Waals surface area (Å²) in [6.07, 6.45) is 9.41. The number of hydrogen-bond acceptors (Lipinski definition) is 2. The zero-order chi connectivity index (χ0) is 16.7. The van der Waals surface area contributed by atoms with Crippen LogP contribution in [0.5, 0.6) is 0 Å². The van der Waals surface area contributed by atoms with Gasteiger partial charge in [0.2, 0.25) is 0 Å². The summed E-state index contributed by atoms with van der Waals surface area (Å²) in [5, 5.41) is 18.6. The molecule has 0 aliphatic heterocycles. The predicted molar refractivity (Wildman–Crippen MR) is 94.2 cm³/mol. The van der Waals surface area contributed by atoms with E-state index >= 15 is 0 Å². The maximum atomic E-state index is 10.1. The summed E-state index contributed by atoms with van der Waals surface area (Å²) in [6, 6.07) is 0. The van der Waals surface area contributed by atoms with Crippen molar-refractivity contribution in [2.24, 2.45) is 35.0 Å². The molecule has 0 spiro atoms. The van der Waals surface area contributed by atoms with Gasteiger partial charge in [-0.05, 0) is 62.7 Å². The molecule has 2 aliphatic rings. The lowest BCUT2D eigenvalue weighted by Gasteiger charge is -2.45. The van der Waals surface area contributed by atoms with Gasteiger partial charge in [0.25, 0.3) is 0 Å². The smallest absolute Gasteiger partial charge is 0.0651 e. The number of hydrogen-bond donors (Lipinski definition) is 2. The Kier molecular flexibility index (Phi) is 4.92.